The van der Waals surface area contributed by atoms with E-state index in [0.29, 0.717) is 6.61 Å². The van der Waals surface area contributed by atoms with E-state index >= 15 is 0 Å². The summed E-state index contributed by atoms with van der Waals surface area (Å²) in [6, 6.07) is 0. The summed E-state index contributed by atoms with van der Waals surface area (Å²) in [6.07, 6.45) is 1.01. The molecule has 0 rings (SSSR count). The van der Waals surface area contributed by atoms with Crippen LogP contribution in [-0.2, 0) is 4.79 Å². The summed E-state index contributed by atoms with van der Waals surface area (Å²) in [5, 5.41) is 17.6. The van der Waals surface area contributed by atoms with Crippen molar-refractivity contribution < 1.29 is 44.6 Å². The van der Waals surface area contributed by atoms with Crippen LogP contribution in [0.4, 0.5) is 0 Å². The van der Waals surface area contributed by atoms with E-state index in [0.717, 1.165) is 6.42 Å². The van der Waals surface area contributed by atoms with E-state index in [1.807, 2.05) is 0 Å². The SMILES string of the molecule is C=C(C)C(=O)[O-].OCC[CH2][Na].[Na+]. The molecule has 12 heavy (non-hydrogen) atoms. The molecule has 0 aromatic carbocycles. The fourth-order valence-electron chi connectivity index (χ4n) is 0.158. The number of aliphatic carboxylic acids is 1. The van der Waals surface area contributed by atoms with Crippen molar-refractivity contribution in [1.82, 2.24) is 0 Å². The van der Waals surface area contributed by atoms with Gasteiger partial charge in [-0.25, -0.2) is 0 Å². The van der Waals surface area contributed by atoms with Gasteiger partial charge in [-0.15, -0.1) is 0 Å². The molecule has 0 aliphatic heterocycles. The first-order chi connectivity index (χ1) is 5.06. The molecule has 0 aliphatic carbocycles. The van der Waals surface area contributed by atoms with Gasteiger partial charge < -0.3 is 9.90 Å². The topological polar surface area (TPSA) is 60.4 Å². The number of rotatable bonds is 3. The van der Waals surface area contributed by atoms with Gasteiger partial charge in [0.1, 0.15) is 0 Å². The van der Waals surface area contributed by atoms with Crippen molar-refractivity contribution in [3.8, 4) is 0 Å². The summed E-state index contributed by atoms with van der Waals surface area (Å²) in [4.78, 5) is 9.49. The van der Waals surface area contributed by atoms with Crippen LogP contribution in [-0.4, -0.2) is 45.6 Å². The summed E-state index contributed by atoms with van der Waals surface area (Å²) in [5.74, 6) is -1.19. The minimum absolute atomic E-state index is 0. The van der Waals surface area contributed by atoms with E-state index in [1.165, 1.54) is 38.5 Å². The molecule has 0 aromatic heterocycles. The van der Waals surface area contributed by atoms with Gasteiger partial charge in [0.25, 0.3) is 0 Å². The van der Waals surface area contributed by atoms with Crippen molar-refractivity contribution in [2.45, 2.75) is 17.0 Å². The summed E-state index contributed by atoms with van der Waals surface area (Å²) in [5.41, 5.74) is 0.0648. The molecule has 0 saturated heterocycles. The molecule has 0 aromatic rings. The molecule has 0 aliphatic rings. The molecule has 0 saturated carbocycles. The number of aliphatic hydroxyl groups is 1. The van der Waals surface area contributed by atoms with Crippen LogP contribution in [0.15, 0.2) is 12.2 Å². The molecule has 0 heterocycles. The molecule has 0 fully saturated rings. The fraction of sp³-hybridized carbons (Fsp3) is 0.571. The predicted molar refractivity (Wildman–Crippen MR) is 42.1 cm³/mol. The number of carbonyl (C=O) groups is 1. The zero-order valence-corrected chi connectivity index (χ0v) is 12.1. The maximum absolute atomic E-state index is 9.49. The van der Waals surface area contributed by atoms with E-state index in [2.05, 4.69) is 6.58 Å². The number of carboxylic acids is 1. The first-order valence-electron chi connectivity index (χ1n) is 3.54. The van der Waals surface area contributed by atoms with Gasteiger partial charge in [0.15, 0.2) is 0 Å². The standard InChI is InChI=1S/C4H6O2.C3H7O.2Na/c1-3(2)4(5)6;1-2-3-4;;/h1H2,2H3,(H,5,6);4H,1-3H2;;/q;;;+1/p-1. The maximum atomic E-state index is 9.49. The zero-order chi connectivity index (χ0) is 9.28. The molecule has 0 spiro atoms. The molecule has 5 heteroatoms. The Labute approximate surface area is 113 Å². The molecule has 60 valence electrons. The fourth-order valence-corrected chi connectivity index (χ4v) is 0.474. The predicted octanol–water partition coefficient (Wildman–Crippen LogP) is -3.73. The Kier molecular flexibility index (Phi) is 23.1. The Balaban J connectivity index is -0.000000126. The normalized spacial score (nSPS) is 7.33. The first-order valence-corrected chi connectivity index (χ1v) is 4.95. The van der Waals surface area contributed by atoms with Gasteiger partial charge in [-0.2, -0.15) is 0 Å². The Bertz CT molecular complexity index is 112. The molecule has 0 unspecified atom stereocenters. The van der Waals surface area contributed by atoms with E-state index in [1.54, 1.807) is 0 Å². The molecule has 0 atom stereocenters. The summed E-state index contributed by atoms with van der Waals surface area (Å²) >= 11 is 1.24. The van der Waals surface area contributed by atoms with Crippen LogP contribution in [0.3, 0.4) is 0 Å². The van der Waals surface area contributed by atoms with Gasteiger partial charge in [-0.05, 0) is 12.5 Å². The van der Waals surface area contributed by atoms with Gasteiger partial charge in [0.2, 0.25) is 0 Å². The Hall–Kier alpha value is 1.17. The van der Waals surface area contributed by atoms with Crippen LogP contribution in [0.5, 0.6) is 0 Å². The van der Waals surface area contributed by atoms with E-state index < -0.39 is 5.97 Å². The summed E-state index contributed by atoms with van der Waals surface area (Å²) in [7, 11) is 0. The molecule has 0 bridgehead atoms. The molecular weight excluding hydrogens is 178 g/mol. The largest absolute Gasteiger partial charge is 1.00 e. The second-order valence-corrected chi connectivity index (χ2v) is 3.14. The number of carbonyl (C=O) groups excluding carboxylic acids is 1. The number of carboxylic acid groups (broad SMARTS) is 1. The van der Waals surface area contributed by atoms with Gasteiger partial charge in [0.05, 0.1) is 5.97 Å². The zero-order valence-electron chi connectivity index (χ0n) is 8.09. The first kappa shape index (κ1) is 18.9. The molecule has 1 N–H and O–H groups in total. The monoisotopic (exact) mass is 190 g/mol. The van der Waals surface area contributed by atoms with Crippen molar-refractivity contribution in [2.75, 3.05) is 6.61 Å². The van der Waals surface area contributed by atoms with Crippen molar-refractivity contribution in [2.24, 2.45) is 0 Å². The minimum atomic E-state index is -1.19. The van der Waals surface area contributed by atoms with Gasteiger partial charge in [-0.3, -0.25) is 0 Å². The second kappa shape index (κ2) is 14.7. The van der Waals surface area contributed by atoms with Crippen molar-refractivity contribution in [3.05, 3.63) is 12.2 Å². The number of hydrogen-bond donors (Lipinski definition) is 1. The van der Waals surface area contributed by atoms with E-state index in [4.69, 9.17) is 5.11 Å². The van der Waals surface area contributed by atoms with Crippen molar-refractivity contribution in [3.63, 3.8) is 0 Å². The smallest absolute Gasteiger partial charge is 1.00 e. The van der Waals surface area contributed by atoms with Gasteiger partial charge in [-0.1, -0.05) is 6.58 Å². The van der Waals surface area contributed by atoms with E-state index in [-0.39, 0.29) is 35.1 Å². The van der Waals surface area contributed by atoms with Gasteiger partial charge >= 0.3 is 79.3 Å². The van der Waals surface area contributed by atoms with Crippen LogP contribution in [0.1, 0.15) is 13.3 Å². The Morgan fingerprint density at radius 1 is 1.67 bits per heavy atom. The Morgan fingerprint density at radius 3 is 2.00 bits per heavy atom. The van der Waals surface area contributed by atoms with Crippen LogP contribution in [0, 0.1) is 0 Å². The molecule has 0 amide bonds. The minimum Gasteiger partial charge on any atom is 1.00 e. The molecular formula is C7H12Na2O3. The third-order valence-electron chi connectivity index (χ3n) is 0.860. The average Bonchev–Trinajstić information content (AvgIpc) is 1.90. The summed E-state index contributed by atoms with van der Waals surface area (Å²) in [6.45, 7) is 4.86. The Morgan fingerprint density at radius 2 is 2.00 bits per heavy atom. The van der Waals surface area contributed by atoms with Crippen LogP contribution in [0.25, 0.3) is 0 Å². The third kappa shape index (κ3) is 22.5. The maximum Gasteiger partial charge on any atom is 1.00 e. The van der Waals surface area contributed by atoms with Crippen molar-refractivity contribution in [1.29, 1.82) is 0 Å². The van der Waals surface area contributed by atoms with E-state index in [9.17, 15) is 9.90 Å². The number of hydrogen-bond acceptors (Lipinski definition) is 3. The molecule has 0 radical (unpaired) electrons. The third-order valence-corrected chi connectivity index (χ3v) is 1.57. The second-order valence-electron chi connectivity index (χ2n) is 2.14. The molecule has 3 nitrogen and oxygen atoms in total. The van der Waals surface area contributed by atoms with Crippen LogP contribution < -0.4 is 34.7 Å². The number of aliphatic hydroxyl groups excluding tert-OH is 1. The quantitative estimate of drug-likeness (QED) is 0.367. The average molecular weight is 190 g/mol. The van der Waals surface area contributed by atoms with Crippen LogP contribution in [0.2, 0.25) is 3.67 Å². The summed E-state index contributed by atoms with van der Waals surface area (Å²) < 4.78 is 1.23. The van der Waals surface area contributed by atoms with Gasteiger partial charge in [0, 0.05) is 0 Å². The van der Waals surface area contributed by atoms with Crippen LogP contribution >= 0.6 is 0 Å². The van der Waals surface area contributed by atoms with Crippen molar-refractivity contribution >= 4 is 33.9 Å².